The van der Waals surface area contributed by atoms with Crippen molar-refractivity contribution in [2.75, 3.05) is 54.4 Å². The molecule has 8 bridgehead atoms. The van der Waals surface area contributed by atoms with Crippen LogP contribution in [0.2, 0.25) is 0 Å². The number of rotatable bonds is 4. The Morgan fingerprint density at radius 1 is 0.509 bits per heavy atom. The van der Waals surface area contributed by atoms with Crippen LogP contribution >= 0.6 is 0 Å². The maximum atomic E-state index is 5.52. The van der Waals surface area contributed by atoms with Gasteiger partial charge in [-0.25, -0.2) is 9.97 Å². The van der Waals surface area contributed by atoms with E-state index in [4.69, 9.17) is 9.97 Å². The molecule has 2 N–H and O–H groups in total. The number of hydrogen-bond acceptors (Lipinski definition) is 6. The van der Waals surface area contributed by atoms with E-state index in [0.717, 1.165) is 87.7 Å². The molecule has 3 aromatic rings. The van der Waals surface area contributed by atoms with Gasteiger partial charge in [0.2, 0.25) is 0 Å². The van der Waals surface area contributed by atoms with Crippen LogP contribution in [-0.4, -0.2) is 93.9 Å². The molecule has 6 aliphatic heterocycles. The van der Waals surface area contributed by atoms with Crippen LogP contribution in [0.15, 0.2) is 109 Å². The summed E-state index contributed by atoms with van der Waals surface area (Å²) >= 11 is 0. The highest BCUT2D eigenvalue weighted by atomic mass is 35.5. The predicted octanol–water partition coefficient (Wildman–Crippen LogP) is 4.94. The van der Waals surface area contributed by atoms with Gasteiger partial charge in [0.1, 0.15) is 0 Å². The number of likely N-dealkylation sites (N-methyl/N-ethyl adjacent to an activating group) is 4. The van der Waals surface area contributed by atoms with Crippen molar-refractivity contribution in [2.45, 2.75) is 0 Å². The molecule has 0 atom stereocenters. The van der Waals surface area contributed by atoms with E-state index in [0.29, 0.717) is 0 Å². The van der Waals surface area contributed by atoms with Crippen LogP contribution in [-0.2, 0) is 0 Å². The van der Waals surface area contributed by atoms with Gasteiger partial charge in [0, 0.05) is 93.2 Å². The SMILES string of the molecule is CN1C=CC(C2=Cc3cc4ccc(cc5nc(cc6[nH]c(c(C7=CCN(C)C=C7)c2n3)c(C2=CCN(C)C=C2)c6C2=CCN(C)C=C2)C=C5)[nH]4)=CC1.[Cl-]. The molecule has 8 nitrogen and oxygen atoms in total. The van der Waals surface area contributed by atoms with Crippen LogP contribution in [0, 0.1) is 0 Å². The molecule has 0 saturated heterocycles. The minimum Gasteiger partial charge on any atom is -1.00 e. The van der Waals surface area contributed by atoms with Crippen molar-refractivity contribution in [3.8, 4) is 0 Å². The van der Waals surface area contributed by atoms with Crippen LogP contribution in [0.4, 0.5) is 0 Å². The number of halogens is 1. The molecule has 0 fully saturated rings. The molecule has 53 heavy (non-hydrogen) atoms. The third kappa shape index (κ3) is 6.62. The number of hydrogen-bond donors (Lipinski definition) is 2. The Kier molecular flexibility index (Phi) is 8.92. The van der Waals surface area contributed by atoms with Crippen LogP contribution in [0.3, 0.4) is 0 Å². The molecule has 0 radical (unpaired) electrons. The molecular formula is C44H42ClN8-. The van der Waals surface area contributed by atoms with E-state index in [1.807, 2.05) is 0 Å². The maximum absolute atomic E-state index is 5.52. The number of aromatic amines is 2. The molecule has 0 saturated carbocycles. The predicted molar refractivity (Wildman–Crippen MR) is 217 cm³/mol. The van der Waals surface area contributed by atoms with E-state index in [-0.39, 0.29) is 12.4 Å². The van der Waals surface area contributed by atoms with Crippen molar-refractivity contribution in [2.24, 2.45) is 0 Å². The fraction of sp³-hybridized carbons (Fsp3) is 0.182. The van der Waals surface area contributed by atoms with Crippen LogP contribution < -0.4 is 12.4 Å². The lowest BCUT2D eigenvalue weighted by Gasteiger charge is -2.22. The van der Waals surface area contributed by atoms with Crippen LogP contribution in [0.1, 0.15) is 39.5 Å². The molecule has 0 aromatic carbocycles. The zero-order chi connectivity index (χ0) is 35.3. The second kappa shape index (κ2) is 13.9. The van der Waals surface area contributed by atoms with Crippen molar-refractivity contribution in [3.05, 3.63) is 149 Å². The quantitative estimate of drug-likeness (QED) is 0.312. The summed E-state index contributed by atoms with van der Waals surface area (Å²) in [7, 11) is 8.45. The second-order valence-electron chi connectivity index (χ2n) is 14.2. The zero-order valence-electron chi connectivity index (χ0n) is 30.4. The molecule has 0 spiro atoms. The summed E-state index contributed by atoms with van der Waals surface area (Å²) in [6.45, 7) is 3.28. The number of aromatic nitrogens is 4. The van der Waals surface area contributed by atoms with Crippen molar-refractivity contribution in [1.29, 1.82) is 0 Å². The van der Waals surface area contributed by atoms with Gasteiger partial charge in [-0.3, -0.25) is 0 Å². The average molecular weight is 718 g/mol. The lowest BCUT2D eigenvalue weighted by Crippen LogP contribution is -3.00. The van der Waals surface area contributed by atoms with Crippen LogP contribution in [0.25, 0.3) is 62.6 Å². The molecule has 9 heterocycles. The summed E-state index contributed by atoms with van der Waals surface area (Å²) in [6.07, 6.45) is 33.4. The minimum atomic E-state index is 0. The normalized spacial score (nSPS) is 17.8. The molecule has 6 aliphatic rings. The van der Waals surface area contributed by atoms with Gasteiger partial charge < -0.3 is 42.0 Å². The highest BCUT2D eigenvalue weighted by Crippen LogP contribution is 2.43. The number of nitrogens with one attached hydrogen (secondary N) is 2. The topological polar surface area (TPSA) is 70.3 Å². The van der Waals surface area contributed by atoms with E-state index in [2.05, 4.69) is 180 Å². The first kappa shape index (κ1) is 34.1. The van der Waals surface area contributed by atoms with E-state index in [1.165, 1.54) is 27.8 Å². The lowest BCUT2D eigenvalue weighted by molar-refractivity contribution is -0.0000103. The molecule has 0 amide bonds. The molecule has 9 rings (SSSR count). The fourth-order valence-electron chi connectivity index (χ4n) is 7.42. The summed E-state index contributed by atoms with van der Waals surface area (Å²) in [5.74, 6) is 0. The Hall–Kier alpha value is -5.99. The van der Waals surface area contributed by atoms with E-state index in [1.54, 1.807) is 0 Å². The maximum Gasteiger partial charge on any atom is 0.0815 e. The lowest BCUT2D eigenvalue weighted by atomic mass is 9.89. The minimum absolute atomic E-state index is 0. The molecule has 9 heteroatoms. The smallest absolute Gasteiger partial charge is 0.0815 e. The Morgan fingerprint density at radius 3 is 1.55 bits per heavy atom. The third-order valence-electron chi connectivity index (χ3n) is 10.2. The number of nitrogens with zero attached hydrogens (tertiary/aromatic N) is 6. The highest BCUT2D eigenvalue weighted by Gasteiger charge is 2.27. The summed E-state index contributed by atoms with van der Waals surface area (Å²) in [6, 6.07) is 10.7. The van der Waals surface area contributed by atoms with Gasteiger partial charge in [-0.2, -0.15) is 0 Å². The fourth-order valence-corrected chi connectivity index (χ4v) is 7.42. The monoisotopic (exact) mass is 717 g/mol. The Bertz CT molecular complexity index is 2490. The summed E-state index contributed by atoms with van der Waals surface area (Å²) < 4.78 is 0. The number of allylic oxidation sites excluding steroid dienone is 9. The highest BCUT2D eigenvalue weighted by molar-refractivity contribution is 6.08. The Balaban J connectivity index is 0.00000400. The average Bonchev–Trinajstić information content (AvgIpc) is 3.95. The van der Waals surface area contributed by atoms with E-state index < -0.39 is 0 Å². The van der Waals surface area contributed by atoms with Crippen molar-refractivity contribution >= 4 is 62.6 Å². The van der Waals surface area contributed by atoms with Gasteiger partial charge in [0.15, 0.2) is 0 Å². The molecule has 3 aromatic heterocycles. The first-order valence-corrected chi connectivity index (χ1v) is 17.9. The zero-order valence-corrected chi connectivity index (χ0v) is 31.2. The largest absolute Gasteiger partial charge is 1.00 e. The molecule has 0 unspecified atom stereocenters. The third-order valence-corrected chi connectivity index (χ3v) is 10.2. The molecular weight excluding hydrogens is 676 g/mol. The number of H-pyrrole nitrogens is 2. The second-order valence-corrected chi connectivity index (χ2v) is 14.2. The standard InChI is InChI=1S/C44H42N8.ClH/c1-49-17-9-29(10-18-49)38-27-37-26-35-6-5-33(45-35)25-34-7-8-36(46-34)28-39-40(30-11-19-50(2)20-12-30)41(31-13-21-51(3)22-14-31)44(48-39)42(43(38)47-37)32-15-23-52(4)24-16-32;/h5-17,19,21,23,25-28,45,48H,18,20,22,24H2,1-4H3;1H/p-1. The Morgan fingerprint density at radius 2 is 1.00 bits per heavy atom. The van der Waals surface area contributed by atoms with Crippen LogP contribution in [0.5, 0.6) is 0 Å². The molecule has 266 valence electrons. The van der Waals surface area contributed by atoms with Gasteiger partial charge in [-0.1, -0.05) is 24.3 Å². The molecule has 0 aliphatic carbocycles. The van der Waals surface area contributed by atoms with E-state index >= 15 is 0 Å². The van der Waals surface area contributed by atoms with Gasteiger partial charge in [-0.05, 0) is 120 Å². The van der Waals surface area contributed by atoms with E-state index in [9.17, 15) is 0 Å². The number of fused-ring (bicyclic) bond motifs is 8. The van der Waals surface area contributed by atoms with Gasteiger partial charge in [0.05, 0.1) is 28.3 Å². The summed E-state index contributed by atoms with van der Waals surface area (Å²) in [5.41, 5.74) is 16.9. The van der Waals surface area contributed by atoms with Gasteiger partial charge in [0.25, 0.3) is 0 Å². The summed E-state index contributed by atoms with van der Waals surface area (Å²) in [5, 5.41) is 0. The summed E-state index contributed by atoms with van der Waals surface area (Å²) in [4.78, 5) is 27.0. The Labute approximate surface area is 316 Å². The van der Waals surface area contributed by atoms with Gasteiger partial charge in [-0.15, -0.1) is 0 Å². The van der Waals surface area contributed by atoms with Gasteiger partial charge >= 0.3 is 0 Å². The van der Waals surface area contributed by atoms with Crippen molar-refractivity contribution in [3.63, 3.8) is 0 Å². The van der Waals surface area contributed by atoms with Crippen molar-refractivity contribution in [1.82, 2.24) is 39.5 Å². The van der Waals surface area contributed by atoms with Crippen molar-refractivity contribution < 1.29 is 12.4 Å². The first-order valence-electron chi connectivity index (χ1n) is 17.9. The first-order chi connectivity index (χ1) is 25.3.